The quantitative estimate of drug-likeness (QED) is 0.351. The lowest BCUT2D eigenvalue weighted by molar-refractivity contribution is -0.171. The zero-order valence-corrected chi connectivity index (χ0v) is 22.2. The molecule has 37 heavy (non-hydrogen) atoms. The predicted molar refractivity (Wildman–Crippen MR) is 137 cm³/mol. The fraction of sp³-hybridized carbons (Fsp3) is 0.500. The van der Waals surface area contributed by atoms with Crippen LogP contribution in [0.5, 0.6) is 5.75 Å². The van der Waals surface area contributed by atoms with E-state index in [9.17, 15) is 34.8 Å². The number of aliphatic hydroxyl groups is 3. The van der Waals surface area contributed by atoms with Gasteiger partial charge in [-0.1, -0.05) is 46.5 Å². The smallest absolute Gasteiger partial charge is 0.209 e. The minimum Gasteiger partial charge on any atom is -0.511 e. The lowest BCUT2D eigenvalue weighted by atomic mass is 9.44. The number of rotatable bonds is 3. The number of ketones is 3. The zero-order valence-electron chi connectivity index (χ0n) is 22.2. The second-order valence-electron chi connectivity index (χ2n) is 11.5. The summed E-state index contributed by atoms with van der Waals surface area (Å²) in [5.74, 6) is 0.977. The van der Waals surface area contributed by atoms with E-state index in [4.69, 9.17) is 0 Å². The first-order valence-electron chi connectivity index (χ1n) is 12.7. The van der Waals surface area contributed by atoms with Crippen LogP contribution in [0.25, 0.3) is 0 Å². The fourth-order valence-electron chi connectivity index (χ4n) is 7.13. The van der Waals surface area contributed by atoms with E-state index in [0.717, 1.165) is 13.3 Å². The normalized spacial score (nSPS) is 31.0. The molecule has 7 nitrogen and oxygen atoms in total. The van der Waals surface area contributed by atoms with Crippen molar-refractivity contribution in [2.45, 2.75) is 72.8 Å². The molecular formula is C30H34O7. The average Bonchev–Trinajstić information content (AvgIpc) is 2.77. The van der Waals surface area contributed by atoms with Crippen molar-refractivity contribution in [1.82, 2.24) is 0 Å². The molecular weight excluding hydrogens is 472 g/mol. The lowest BCUT2D eigenvalue weighted by Crippen LogP contribution is -2.67. The topological polar surface area (TPSA) is 132 Å². The van der Waals surface area contributed by atoms with Crippen LogP contribution in [0, 0.1) is 34.5 Å². The molecule has 4 rings (SSSR count). The summed E-state index contributed by atoms with van der Waals surface area (Å²) in [6.07, 6.45) is 1.81. The largest absolute Gasteiger partial charge is 0.511 e. The van der Waals surface area contributed by atoms with Crippen LogP contribution in [0.2, 0.25) is 0 Å². The van der Waals surface area contributed by atoms with Gasteiger partial charge in [-0.15, -0.1) is 0 Å². The zero-order chi connectivity index (χ0) is 27.7. The highest BCUT2D eigenvalue weighted by molar-refractivity contribution is 6.25. The molecule has 7 heteroatoms. The van der Waals surface area contributed by atoms with Gasteiger partial charge in [0.15, 0.2) is 17.2 Å². The van der Waals surface area contributed by atoms with Crippen LogP contribution >= 0.6 is 0 Å². The Morgan fingerprint density at radius 3 is 2.38 bits per heavy atom. The molecule has 1 aromatic rings. The third-order valence-corrected chi connectivity index (χ3v) is 8.49. The average molecular weight is 507 g/mol. The van der Waals surface area contributed by atoms with E-state index < -0.39 is 56.8 Å². The van der Waals surface area contributed by atoms with Crippen molar-refractivity contribution in [3.63, 3.8) is 0 Å². The van der Waals surface area contributed by atoms with E-state index >= 15 is 0 Å². The van der Waals surface area contributed by atoms with E-state index in [-0.39, 0.29) is 35.6 Å². The minimum atomic E-state index is -2.61. The van der Waals surface area contributed by atoms with Gasteiger partial charge in [0.1, 0.15) is 22.8 Å². The second kappa shape index (κ2) is 8.59. The molecule has 196 valence electrons. The van der Waals surface area contributed by atoms with Crippen LogP contribution < -0.4 is 0 Å². The van der Waals surface area contributed by atoms with Gasteiger partial charge in [-0.05, 0) is 49.8 Å². The highest BCUT2D eigenvalue weighted by Gasteiger charge is 2.71. The van der Waals surface area contributed by atoms with Crippen molar-refractivity contribution in [2.24, 2.45) is 22.7 Å². The van der Waals surface area contributed by atoms with E-state index in [2.05, 4.69) is 11.8 Å². The van der Waals surface area contributed by atoms with Crippen molar-refractivity contribution in [3.8, 4) is 17.6 Å². The van der Waals surface area contributed by atoms with Gasteiger partial charge in [0.05, 0.1) is 5.56 Å². The standard InChI is InChI=1S/C30H34O7/c1-7-8-9-10-17-11-12-19(32)21-18(17)13-28(5)14-29(6)22(15(2)3)24(33)20(16(4)31)26(35)30(29,37)27(36)23(28)25(21)34/h11-12,15,22,32-33,36-37H,7-8,13-14H2,1-6H3/t22?,28-,29-,30+/m1/s1. The number of phenols is 1. The van der Waals surface area contributed by atoms with E-state index in [1.165, 1.54) is 6.07 Å². The van der Waals surface area contributed by atoms with Crippen LogP contribution in [0.3, 0.4) is 0 Å². The Bertz CT molecular complexity index is 1370. The van der Waals surface area contributed by atoms with Crippen molar-refractivity contribution >= 4 is 17.3 Å². The molecule has 0 aromatic heterocycles. The molecule has 0 radical (unpaired) electrons. The molecule has 4 N–H and O–H groups in total. The van der Waals surface area contributed by atoms with Crippen LogP contribution in [-0.4, -0.2) is 43.4 Å². The van der Waals surface area contributed by atoms with Crippen molar-refractivity contribution < 1.29 is 34.8 Å². The van der Waals surface area contributed by atoms with Gasteiger partial charge >= 0.3 is 0 Å². The number of carbonyl (C=O) groups excluding carboxylic acids is 3. The molecule has 0 heterocycles. The number of benzene rings is 1. The monoisotopic (exact) mass is 506 g/mol. The lowest BCUT2D eigenvalue weighted by Gasteiger charge is -2.59. The molecule has 0 saturated carbocycles. The van der Waals surface area contributed by atoms with Crippen molar-refractivity contribution in [1.29, 1.82) is 0 Å². The fourth-order valence-corrected chi connectivity index (χ4v) is 7.13. The number of hydrogen-bond acceptors (Lipinski definition) is 7. The maximum atomic E-state index is 13.9. The molecule has 0 amide bonds. The van der Waals surface area contributed by atoms with Crippen LogP contribution in [0.1, 0.15) is 82.3 Å². The van der Waals surface area contributed by atoms with Gasteiger partial charge in [0.2, 0.25) is 5.78 Å². The number of fused-ring (bicyclic) bond motifs is 3. The van der Waals surface area contributed by atoms with E-state index in [0.29, 0.717) is 17.5 Å². The molecule has 3 aliphatic rings. The number of aromatic hydroxyl groups is 1. The minimum absolute atomic E-state index is 0.0108. The number of phenolic OH excluding ortho intramolecular Hbond substituents is 1. The van der Waals surface area contributed by atoms with Gasteiger partial charge in [-0.3, -0.25) is 14.4 Å². The van der Waals surface area contributed by atoms with Gasteiger partial charge in [0.25, 0.3) is 0 Å². The molecule has 4 atom stereocenters. The molecule has 1 aromatic carbocycles. The Kier molecular flexibility index (Phi) is 6.20. The first-order valence-corrected chi connectivity index (χ1v) is 12.7. The number of aliphatic hydroxyl groups excluding tert-OH is 2. The summed E-state index contributed by atoms with van der Waals surface area (Å²) in [5, 5.41) is 45.5. The van der Waals surface area contributed by atoms with Crippen molar-refractivity contribution in [3.05, 3.63) is 51.5 Å². The summed E-state index contributed by atoms with van der Waals surface area (Å²) in [5.41, 5.74) is -4.67. The number of Topliss-reactive ketones (excluding diaryl/α,β-unsaturated/α-hetero) is 3. The molecule has 0 spiro atoms. The van der Waals surface area contributed by atoms with Gasteiger partial charge in [0, 0.05) is 34.3 Å². The predicted octanol–water partition coefficient (Wildman–Crippen LogP) is 4.50. The Balaban J connectivity index is 2.04. The first-order chi connectivity index (χ1) is 17.2. The Hall–Kier alpha value is -3.37. The summed E-state index contributed by atoms with van der Waals surface area (Å²) in [6.45, 7) is 10.1. The van der Waals surface area contributed by atoms with Gasteiger partial charge in [-0.2, -0.15) is 0 Å². The molecule has 1 unspecified atom stereocenters. The number of carbonyl (C=O) groups is 3. The Labute approximate surface area is 216 Å². The summed E-state index contributed by atoms with van der Waals surface area (Å²) in [6, 6.07) is 3.04. The van der Waals surface area contributed by atoms with Crippen LogP contribution in [-0.2, 0) is 16.0 Å². The third kappa shape index (κ3) is 3.42. The van der Waals surface area contributed by atoms with E-state index in [1.807, 2.05) is 6.92 Å². The SMILES string of the molecule is CCCC#Cc1ccc(O)c2c1C[C@]1(C)C[C@]3(C)C(C(C)C)C(O)=C(C(C)=O)C(=O)[C@]3(O)C(O)=C1C2=O. The number of unbranched alkanes of at least 4 members (excludes halogenated alkanes) is 1. The number of hydrogen-bond donors (Lipinski definition) is 4. The number of allylic oxidation sites excluding steroid dienone is 2. The molecule has 0 fully saturated rings. The van der Waals surface area contributed by atoms with Crippen LogP contribution in [0.15, 0.2) is 34.8 Å². The maximum Gasteiger partial charge on any atom is 0.209 e. The summed E-state index contributed by atoms with van der Waals surface area (Å²) in [4.78, 5) is 40.0. The molecule has 0 aliphatic heterocycles. The first kappa shape index (κ1) is 26.7. The summed E-state index contributed by atoms with van der Waals surface area (Å²) < 4.78 is 0. The third-order valence-electron chi connectivity index (χ3n) is 8.49. The van der Waals surface area contributed by atoms with E-state index in [1.54, 1.807) is 33.8 Å². The highest BCUT2D eigenvalue weighted by atomic mass is 16.3. The Morgan fingerprint density at radius 2 is 1.81 bits per heavy atom. The second-order valence-corrected chi connectivity index (χ2v) is 11.5. The van der Waals surface area contributed by atoms with Crippen LogP contribution in [0.4, 0.5) is 0 Å². The molecule has 0 saturated heterocycles. The summed E-state index contributed by atoms with van der Waals surface area (Å²) >= 11 is 0. The highest BCUT2D eigenvalue weighted by Crippen LogP contribution is 2.65. The maximum absolute atomic E-state index is 13.9. The Morgan fingerprint density at radius 1 is 1.16 bits per heavy atom. The molecule has 0 bridgehead atoms. The summed E-state index contributed by atoms with van der Waals surface area (Å²) in [7, 11) is 0. The van der Waals surface area contributed by atoms with Crippen molar-refractivity contribution in [2.75, 3.05) is 0 Å². The van der Waals surface area contributed by atoms with Gasteiger partial charge in [-0.25, -0.2) is 0 Å². The van der Waals surface area contributed by atoms with Gasteiger partial charge < -0.3 is 20.4 Å². The molecule has 3 aliphatic carbocycles.